The molecule has 0 unspecified atom stereocenters. The standard InChI is InChI=1S/C16H15FN4O2/c17-6-1-8-20(16(22)23)13-2-3-15(19-10-13)21-9-5-12-4-7-18-11-14(12)21/h2-5,7,9-11H,1,6,8H2,(H,22,23). The lowest BCUT2D eigenvalue weighted by atomic mass is 10.3. The molecule has 0 saturated carbocycles. The summed E-state index contributed by atoms with van der Waals surface area (Å²) in [4.78, 5) is 20.8. The average Bonchev–Trinajstić information content (AvgIpc) is 2.99. The smallest absolute Gasteiger partial charge is 0.411 e. The molecule has 0 aromatic carbocycles. The van der Waals surface area contributed by atoms with Gasteiger partial charge in [0.05, 0.1) is 30.3 Å². The predicted octanol–water partition coefficient (Wildman–Crippen LogP) is 3.26. The molecule has 0 atom stereocenters. The molecule has 3 aromatic rings. The van der Waals surface area contributed by atoms with Crippen LogP contribution in [-0.4, -0.2) is 39.0 Å². The van der Waals surface area contributed by atoms with Crippen molar-refractivity contribution >= 4 is 22.7 Å². The number of fused-ring (bicyclic) bond motifs is 1. The number of rotatable bonds is 5. The first kappa shape index (κ1) is 15.0. The molecular weight excluding hydrogens is 299 g/mol. The summed E-state index contributed by atoms with van der Waals surface area (Å²) >= 11 is 0. The van der Waals surface area contributed by atoms with Gasteiger partial charge in [-0.25, -0.2) is 9.78 Å². The molecule has 0 radical (unpaired) electrons. The van der Waals surface area contributed by atoms with E-state index < -0.39 is 12.8 Å². The lowest BCUT2D eigenvalue weighted by molar-refractivity contribution is 0.201. The van der Waals surface area contributed by atoms with Crippen molar-refractivity contribution in [1.29, 1.82) is 0 Å². The van der Waals surface area contributed by atoms with Gasteiger partial charge in [-0.3, -0.25) is 18.8 Å². The van der Waals surface area contributed by atoms with Crippen molar-refractivity contribution in [2.24, 2.45) is 0 Å². The highest BCUT2D eigenvalue weighted by Gasteiger charge is 2.14. The molecule has 7 heteroatoms. The first-order valence-corrected chi connectivity index (χ1v) is 7.14. The molecule has 1 amide bonds. The Labute approximate surface area is 131 Å². The van der Waals surface area contributed by atoms with Crippen LogP contribution in [0.15, 0.2) is 49.1 Å². The Balaban J connectivity index is 1.91. The summed E-state index contributed by atoms with van der Waals surface area (Å²) in [7, 11) is 0. The second-order valence-electron chi connectivity index (χ2n) is 4.97. The molecule has 3 heterocycles. The summed E-state index contributed by atoms with van der Waals surface area (Å²) in [5.41, 5.74) is 1.34. The van der Waals surface area contributed by atoms with Crippen molar-refractivity contribution in [2.75, 3.05) is 18.1 Å². The third kappa shape index (κ3) is 2.98. The number of pyridine rings is 2. The van der Waals surface area contributed by atoms with Crippen molar-refractivity contribution in [3.63, 3.8) is 0 Å². The fraction of sp³-hybridized carbons (Fsp3) is 0.188. The molecule has 0 bridgehead atoms. The van der Waals surface area contributed by atoms with E-state index >= 15 is 0 Å². The zero-order valence-electron chi connectivity index (χ0n) is 12.3. The minimum atomic E-state index is -1.12. The topological polar surface area (TPSA) is 71.2 Å². The SMILES string of the molecule is O=C(O)N(CCCF)c1ccc(-n2ccc3ccncc32)nc1. The molecule has 1 N–H and O–H groups in total. The number of aromatic nitrogens is 3. The highest BCUT2D eigenvalue weighted by atomic mass is 19.1. The molecule has 3 aromatic heterocycles. The fourth-order valence-electron chi connectivity index (χ4n) is 2.41. The zero-order chi connectivity index (χ0) is 16.2. The summed E-state index contributed by atoms with van der Waals surface area (Å²) in [5, 5.41) is 10.3. The zero-order valence-corrected chi connectivity index (χ0v) is 12.3. The van der Waals surface area contributed by atoms with E-state index in [-0.39, 0.29) is 13.0 Å². The van der Waals surface area contributed by atoms with Crippen LogP contribution in [0.2, 0.25) is 0 Å². The van der Waals surface area contributed by atoms with E-state index in [0.717, 1.165) is 15.8 Å². The highest BCUT2D eigenvalue weighted by Crippen LogP contribution is 2.20. The Bertz CT molecular complexity index is 816. The Morgan fingerprint density at radius 1 is 1.26 bits per heavy atom. The number of hydrogen-bond acceptors (Lipinski definition) is 3. The second-order valence-corrected chi connectivity index (χ2v) is 4.97. The molecule has 0 aliphatic heterocycles. The van der Waals surface area contributed by atoms with E-state index in [1.807, 2.05) is 22.9 Å². The normalized spacial score (nSPS) is 10.8. The number of nitrogens with zero attached hydrogens (tertiary/aromatic N) is 4. The van der Waals surface area contributed by atoms with E-state index in [4.69, 9.17) is 0 Å². The molecule has 0 spiro atoms. The van der Waals surface area contributed by atoms with Crippen LogP contribution in [0, 0.1) is 0 Å². The maximum absolute atomic E-state index is 12.3. The molecule has 3 rings (SSSR count). The first-order valence-electron chi connectivity index (χ1n) is 7.14. The Morgan fingerprint density at radius 2 is 2.13 bits per heavy atom. The van der Waals surface area contributed by atoms with Gasteiger partial charge in [-0.1, -0.05) is 0 Å². The van der Waals surface area contributed by atoms with Gasteiger partial charge in [0.1, 0.15) is 5.82 Å². The van der Waals surface area contributed by atoms with Gasteiger partial charge in [-0.2, -0.15) is 0 Å². The number of anilines is 1. The van der Waals surface area contributed by atoms with Crippen LogP contribution >= 0.6 is 0 Å². The quantitative estimate of drug-likeness (QED) is 0.784. The van der Waals surface area contributed by atoms with Gasteiger partial charge in [-0.05, 0) is 30.7 Å². The molecule has 0 aliphatic carbocycles. The molecular formula is C16H15FN4O2. The largest absolute Gasteiger partial charge is 0.465 e. The molecule has 118 valence electrons. The number of hydrogen-bond donors (Lipinski definition) is 1. The number of alkyl halides is 1. The summed E-state index contributed by atoms with van der Waals surface area (Å²) in [5.74, 6) is 0.660. The van der Waals surface area contributed by atoms with E-state index in [1.54, 1.807) is 24.5 Å². The van der Waals surface area contributed by atoms with Crippen LogP contribution in [0.25, 0.3) is 16.7 Å². The van der Waals surface area contributed by atoms with Crippen LogP contribution in [0.1, 0.15) is 6.42 Å². The highest BCUT2D eigenvalue weighted by molar-refractivity contribution is 5.86. The number of carbonyl (C=O) groups is 1. The van der Waals surface area contributed by atoms with Gasteiger partial charge >= 0.3 is 6.09 Å². The lowest BCUT2D eigenvalue weighted by Gasteiger charge is -2.18. The molecule has 0 saturated heterocycles. The summed E-state index contributed by atoms with van der Waals surface area (Å²) in [6.07, 6.45) is 5.86. The van der Waals surface area contributed by atoms with Gasteiger partial charge in [0.25, 0.3) is 0 Å². The first-order chi connectivity index (χ1) is 11.2. The average molecular weight is 314 g/mol. The monoisotopic (exact) mass is 314 g/mol. The van der Waals surface area contributed by atoms with Gasteiger partial charge < -0.3 is 5.11 Å². The van der Waals surface area contributed by atoms with Crippen LogP contribution in [0.5, 0.6) is 0 Å². The van der Waals surface area contributed by atoms with Gasteiger partial charge in [0, 0.05) is 24.3 Å². The maximum Gasteiger partial charge on any atom is 0.411 e. The lowest BCUT2D eigenvalue weighted by Crippen LogP contribution is -2.30. The van der Waals surface area contributed by atoms with Gasteiger partial charge in [-0.15, -0.1) is 0 Å². The summed E-state index contributed by atoms with van der Waals surface area (Å²) < 4.78 is 14.2. The molecule has 0 fully saturated rings. The summed E-state index contributed by atoms with van der Waals surface area (Å²) in [6, 6.07) is 7.25. The molecule has 23 heavy (non-hydrogen) atoms. The Hall–Kier alpha value is -2.96. The van der Waals surface area contributed by atoms with Crippen LogP contribution in [-0.2, 0) is 0 Å². The Morgan fingerprint density at radius 3 is 2.83 bits per heavy atom. The number of halogens is 1. The van der Waals surface area contributed by atoms with E-state index in [1.165, 1.54) is 6.20 Å². The van der Waals surface area contributed by atoms with Gasteiger partial charge in [0.2, 0.25) is 0 Å². The van der Waals surface area contributed by atoms with Crippen LogP contribution < -0.4 is 4.90 Å². The Kier molecular flexibility index (Phi) is 4.18. The molecule has 6 nitrogen and oxygen atoms in total. The van der Waals surface area contributed by atoms with Gasteiger partial charge in [0.15, 0.2) is 0 Å². The third-order valence-corrected chi connectivity index (χ3v) is 3.53. The number of amides is 1. The van der Waals surface area contributed by atoms with Crippen LogP contribution in [0.3, 0.4) is 0 Å². The maximum atomic E-state index is 12.3. The van der Waals surface area contributed by atoms with Crippen molar-refractivity contribution in [3.8, 4) is 5.82 Å². The van der Waals surface area contributed by atoms with Crippen molar-refractivity contribution in [1.82, 2.24) is 14.5 Å². The minimum Gasteiger partial charge on any atom is -0.465 e. The van der Waals surface area contributed by atoms with E-state index in [2.05, 4.69) is 9.97 Å². The van der Waals surface area contributed by atoms with Crippen molar-refractivity contribution in [3.05, 3.63) is 49.1 Å². The second kappa shape index (κ2) is 6.43. The summed E-state index contributed by atoms with van der Waals surface area (Å²) in [6.45, 7) is -0.457. The van der Waals surface area contributed by atoms with E-state index in [0.29, 0.717) is 11.5 Å². The molecule has 0 aliphatic rings. The van der Waals surface area contributed by atoms with Crippen molar-refractivity contribution < 1.29 is 14.3 Å². The third-order valence-electron chi connectivity index (χ3n) is 3.53. The van der Waals surface area contributed by atoms with Crippen molar-refractivity contribution in [2.45, 2.75) is 6.42 Å². The fourth-order valence-corrected chi connectivity index (χ4v) is 2.41. The predicted molar refractivity (Wildman–Crippen MR) is 84.8 cm³/mol. The number of carboxylic acid groups (broad SMARTS) is 1. The minimum absolute atomic E-state index is 0.100. The van der Waals surface area contributed by atoms with Crippen LogP contribution in [0.4, 0.5) is 14.9 Å². The van der Waals surface area contributed by atoms with E-state index in [9.17, 15) is 14.3 Å².